The molecule has 0 atom stereocenters. The molecule has 2 rings (SSSR count). The van der Waals surface area contributed by atoms with Crippen LogP contribution < -0.4 is 10.0 Å². The number of benzene rings is 2. The molecule has 0 saturated heterocycles. The van der Waals surface area contributed by atoms with Crippen molar-refractivity contribution in [2.24, 2.45) is 0 Å². The fourth-order valence-corrected chi connectivity index (χ4v) is 3.55. The Balaban J connectivity index is 2.16. The van der Waals surface area contributed by atoms with E-state index in [9.17, 15) is 13.2 Å². The lowest BCUT2D eigenvalue weighted by molar-refractivity contribution is 0.168. The number of anilines is 2. The summed E-state index contributed by atoms with van der Waals surface area (Å²) in [5, 5.41) is 2.91. The van der Waals surface area contributed by atoms with E-state index < -0.39 is 16.1 Å². The van der Waals surface area contributed by atoms with E-state index in [1.165, 1.54) is 6.07 Å². The molecule has 2 aromatic carbocycles. The lowest BCUT2D eigenvalue weighted by Gasteiger charge is -2.12. The Morgan fingerprint density at radius 3 is 2.38 bits per heavy atom. The van der Waals surface area contributed by atoms with Gasteiger partial charge in [-0.3, -0.25) is 10.0 Å². The summed E-state index contributed by atoms with van der Waals surface area (Å²) in [7, 11) is -3.76. The third-order valence-electron chi connectivity index (χ3n) is 3.17. The third-order valence-corrected chi connectivity index (χ3v) is 5.10. The van der Waals surface area contributed by atoms with Gasteiger partial charge in [-0.05, 0) is 55.8 Å². The average Bonchev–Trinajstić information content (AvgIpc) is 2.52. The summed E-state index contributed by atoms with van der Waals surface area (Å²) in [5.74, 6) is 0. The Hall–Kier alpha value is -2.25. The lowest BCUT2D eigenvalue weighted by atomic mass is 10.2. The highest BCUT2D eigenvalue weighted by atomic mass is 35.5. The molecule has 0 unspecified atom stereocenters. The molecule has 0 aromatic heterocycles. The molecule has 0 aliphatic rings. The third kappa shape index (κ3) is 4.39. The number of rotatable bonds is 5. The van der Waals surface area contributed by atoms with E-state index in [4.69, 9.17) is 16.3 Å². The maximum Gasteiger partial charge on any atom is 0.411 e. The number of halogens is 1. The fraction of sp³-hybridized carbons (Fsp3) is 0.188. The number of carbonyl (C=O) groups is 1. The van der Waals surface area contributed by atoms with Crippen molar-refractivity contribution < 1.29 is 17.9 Å². The van der Waals surface area contributed by atoms with Crippen molar-refractivity contribution in [2.45, 2.75) is 18.7 Å². The van der Waals surface area contributed by atoms with Crippen molar-refractivity contribution in [3.05, 3.63) is 53.1 Å². The molecule has 0 fully saturated rings. The van der Waals surface area contributed by atoms with E-state index in [-0.39, 0.29) is 11.5 Å². The van der Waals surface area contributed by atoms with Crippen LogP contribution in [0, 0.1) is 6.92 Å². The van der Waals surface area contributed by atoms with Crippen LogP contribution >= 0.6 is 11.6 Å². The summed E-state index contributed by atoms with van der Waals surface area (Å²) in [4.78, 5) is 11.4. The van der Waals surface area contributed by atoms with E-state index >= 15 is 0 Å². The van der Waals surface area contributed by atoms with E-state index in [1.54, 1.807) is 50.2 Å². The first-order valence-corrected chi connectivity index (χ1v) is 9.01. The first kappa shape index (κ1) is 18.1. The van der Waals surface area contributed by atoms with Gasteiger partial charge in [-0.1, -0.05) is 17.7 Å². The summed E-state index contributed by atoms with van der Waals surface area (Å²) in [5.41, 5.74) is 1.34. The standard InChI is InChI=1S/C16H17ClN2O4S/c1-3-23-16(20)18-12-7-9-13(10-8-12)19-24(21,22)15-6-4-5-14(17)11(15)2/h4-10,19H,3H2,1-2H3,(H,18,20). The number of amides is 1. The zero-order valence-electron chi connectivity index (χ0n) is 13.2. The SMILES string of the molecule is CCOC(=O)Nc1ccc(NS(=O)(=O)c2cccc(Cl)c2C)cc1. The lowest BCUT2D eigenvalue weighted by Crippen LogP contribution is -2.15. The second kappa shape index (κ2) is 7.55. The van der Waals surface area contributed by atoms with Crippen molar-refractivity contribution >= 4 is 39.1 Å². The molecule has 2 aromatic rings. The first-order valence-electron chi connectivity index (χ1n) is 7.15. The summed E-state index contributed by atoms with van der Waals surface area (Å²) in [6, 6.07) is 10.9. The Kier molecular flexibility index (Phi) is 5.69. The summed E-state index contributed by atoms with van der Waals surface area (Å²) in [6.45, 7) is 3.61. The van der Waals surface area contributed by atoms with Gasteiger partial charge in [0.15, 0.2) is 0 Å². The van der Waals surface area contributed by atoms with E-state index in [2.05, 4.69) is 10.0 Å². The van der Waals surface area contributed by atoms with Gasteiger partial charge >= 0.3 is 6.09 Å². The van der Waals surface area contributed by atoms with Crippen LogP contribution in [0.25, 0.3) is 0 Å². The second-order valence-corrected chi connectivity index (χ2v) is 6.95. The van der Waals surface area contributed by atoms with Crippen molar-refractivity contribution in [1.82, 2.24) is 0 Å². The Labute approximate surface area is 145 Å². The van der Waals surface area contributed by atoms with E-state index in [0.29, 0.717) is 22.0 Å². The summed E-state index contributed by atoms with van der Waals surface area (Å²) < 4.78 is 32.2. The van der Waals surface area contributed by atoms with Crippen LogP contribution in [0.3, 0.4) is 0 Å². The molecule has 0 bridgehead atoms. The van der Waals surface area contributed by atoms with Crippen LogP contribution in [0.1, 0.15) is 12.5 Å². The van der Waals surface area contributed by atoms with Gasteiger partial charge in [0.05, 0.1) is 11.5 Å². The zero-order chi connectivity index (χ0) is 17.7. The van der Waals surface area contributed by atoms with E-state index in [1.807, 2.05) is 0 Å². The number of hydrogen-bond acceptors (Lipinski definition) is 4. The first-order chi connectivity index (χ1) is 11.3. The minimum atomic E-state index is -3.76. The molecule has 1 amide bonds. The molecule has 8 heteroatoms. The molecule has 0 aliphatic heterocycles. The van der Waals surface area contributed by atoms with Gasteiger partial charge in [0.25, 0.3) is 10.0 Å². The van der Waals surface area contributed by atoms with E-state index in [0.717, 1.165) is 0 Å². The quantitative estimate of drug-likeness (QED) is 0.834. The molecular formula is C16H17ClN2O4S. The molecule has 0 heterocycles. The van der Waals surface area contributed by atoms with Crippen molar-refractivity contribution in [3.8, 4) is 0 Å². The molecule has 0 spiro atoms. The molecule has 0 saturated carbocycles. The Morgan fingerprint density at radius 1 is 1.12 bits per heavy atom. The van der Waals surface area contributed by atoms with Crippen LogP contribution in [0.4, 0.5) is 16.2 Å². The van der Waals surface area contributed by atoms with Crippen LogP contribution in [0.5, 0.6) is 0 Å². The number of sulfonamides is 1. The van der Waals surface area contributed by atoms with Crippen LogP contribution in [-0.4, -0.2) is 21.1 Å². The predicted molar refractivity (Wildman–Crippen MR) is 94.1 cm³/mol. The maximum atomic E-state index is 12.5. The van der Waals surface area contributed by atoms with Crippen molar-refractivity contribution in [2.75, 3.05) is 16.6 Å². The van der Waals surface area contributed by atoms with Crippen LogP contribution in [-0.2, 0) is 14.8 Å². The maximum absolute atomic E-state index is 12.5. The van der Waals surface area contributed by atoms with Gasteiger partial charge in [0.1, 0.15) is 0 Å². The van der Waals surface area contributed by atoms with Crippen LogP contribution in [0.2, 0.25) is 5.02 Å². The number of carbonyl (C=O) groups excluding carboxylic acids is 1. The highest BCUT2D eigenvalue weighted by Crippen LogP contribution is 2.25. The van der Waals surface area contributed by atoms with Gasteiger partial charge in [-0.2, -0.15) is 0 Å². The predicted octanol–water partition coefficient (Wildman–Crippen LogP) is 4.02. The second-order valence-electron chi connectivity index (χ2n) is 4.89. The highest BCUT2D eigenvalue weighted by Gasteiger charge is 2.18. The van der Waals surface area contributed by atoms with Crippen molar-refractivity contribution in [1.29, 1.82) is 0 Å². The number of hydrogen-bond donors (Lipinski definition) is 2. The van der Waals surface area contributed by atoms with Crippen molar-refractivity contribution in [3.63, 3.8) is 0 Å². The fourth-order valence-electron chi connectivity index (χ4n) is 2.00. The average molecular weight is 369 g/mol. The molecule has 24 heavy (non-hydrogen) atoms. The molecule has 0 radical (unpaired) electrons. The Bertz CT molecular complexity index is 836. The minimum Gasteiger partial charge on any atom is -0.450 e. The smallest absolute Gasteiger partial charge is 0.411 e. The van der Waals surface area contributed by atoms with Crippen LogP contribution in [0.15, 0.2) is 47.4 Å². The molecule has 128 valence electrons. The van der Waals surface area contributed by atoms with Gasteiger partial charge < -0.3 is 4.74 Å². The summed E-state index contributed by atoms with van der Waals surface area (Å²) in [6.07, 6.45) is -0.569. The highest BCUT2D eigenvalue weighted by molar-refractivity contribution is 7.92. The topological polar surface area (TPSA) is 84.5 Å². The molecule has 6 nitrogen and oxygen atoms in total. The van der Waals surface area contributed by atoms with Gasteiger partial charge in [0.2, 0.25) is 0 Å². The molecular weight excluding hydrogens is 352 g/mol. The Morgan fingerprint density at radius 2 is 1.75 bits per heavy atom. The minimum absolute atomic E-state index is 0.115. The number of ether oxygens (including phenoxy) is 1. The molecule has 0 aliphatic carbocycles. The molecule has 2 N–H and O–H groups in total. The van der Waals surface area contributed by atoms with Gasteiger partial charge in [-0.15, -0.1) is 0 Å². The monoisotopic (exact) mass is 368 g/mol. The van der Waals surface area contributed by atoms with Gasteiger partial charge in [0, 0.05) is 16.4 Å². The summed E-state index contributed by atoms with van der Waals surface area (Å²) >= 11 is 5.97. The largest absolute Gasteiger partial charge is 0.450 e. The zero-order valence-corrected chi connectivity index (χ0v) is 14.7. The van der Waals surface area contributed by atoms with Gasteiger partial charge in [-0.25, -0.2) is 13.2 Å². The number of nitrogens with one attached hydrogen (secondary N) is 2. The normalized spacial score (nSPS) is 11.0.